The Kier molecular flexibility index (Phi) is 6.25. The van der Waals surface area contributed by atoms with Gasteiger partial charge >= 0.3 is 0 Å². The Morgan fingerprint density at radius 3 is 2.23 bits per heavy atom. The van der Waals surface area contributed by atoms with Crippen LogP contribution >= 0.6 is 0 Å². The van der Waals surface area contributed by atoms with E-state index < -0.39 is 0 Å². The van der Waals surface area contributed by atoms with Crippen LogP contribution in [-0.4, -0.2) is 31.0 Å². The van der Waals surface area contributed by atoms with E-state index >= 15 is 0 Å². The van der Waals surface area contributed by atoms with Gasteiger partial charge in [0.15, 0.2) is 0 Å². The molecule has 0 heterocycles. The highest BCUT2D eigenvalue weighted by Gasteiger charge is 2.19. The highest BCUT2D eigenvalue weighted by molar-refractivity contribution is 5.26. The van der Waals surface area contributed by atoms with E-state index in [0.29, 0.717) is 6.61 Å². The fraction of sp³-hybridized carbons (Fsp3) is 0.333. The van der Waals surface area contributed by atoms with Gasteiger partial charge in [0.05, 0.1) is 20.3 Å². The molecule has 0 aliphatic rings. The molecule has 2 aromatic carbocycles. The van der Waals surface area contributed by atoms with Crippen molar-refractivity contribution in [2.45, 2.75) is 25.7 Å². The van der Waals surface area contributed by atoms with Gasteiger partial charge in [-0.05, 0) is 36.8 Å². The molecule has 22 heavy (non-hydrogen) atoms. The molecule has 0 amide bonds. The number of aliphatic hydroxyl groups is 1. The smallest absolute Gasteiger partial charge is 0.124 e. The maximum absolute atomic E-state index is 9.51. The zero-order chi connectivity index (χ0) is 15.8. The quantitative estimate of drug-likeness (QED) is 0.814. The standard InChI is InChI=1S/C18H22O4/c1-14(22-17-6-4-3-5-7-17)18(12-19)21-13-15-8-10-16(20-2)11-9-15/h3-11,14,18-19H,12-13H2,1-2H3. The van der Waals surface area contributed by atoms with Crippen LogP contribution in [0.25, 0.3) is 0 Å². The van der Waals surface area contributed by atoms with Gasteiger partial charge in [-0.15, -0.1) is 0 Å². The van der Waals surface area contributed by atoms with Gasteiger partial charge in [0.2, 0.25) is 0 Å². The summed E-state index contributed by atoms with van der Waals surface area (Å²) in [4.78, 5) is 0. The number of methoxy groups -OCH3 is 1. The van der Waals surface area contributed by atoms with Crippen molar-refractivity contribution in [3.05, 3.63) is 60.2 Å². The topological polar surface area (TPSA) is 47.9 Å². The molecular weight excluding hydrogens is 280 g/mol. The Morgan fingerprint density at radius 2 is 1.64 bits per heavy atom. The molecule has 0 fully saturated rings. The van der Waals surface area contributed by atoms with E-state index in [-0.39, 0.29) is 18.8 Å². The van der Waals surface area contributed by atoms with Gasteiger partial charge in [0.25, 0.3) is 0 Å². The molecule has 0 aromatic heterocycles. The third kappa shape index (κ3) is 4.76. The first-order chi connectivity index (χ1) is 10.7. The van der Waals surface area contributed by atoms with Gasteiger partial charge in [-0.3, -0.25) is 0 Å². The average molecular weight is 302 g/mol. The third-order valence-corrected chi connectivity index (χ3v) is 3.39. The molecule has 2 rings (SSSR count). The van der Waals surface area contributed by atoms with E-state index in [1.54, 1.807) is 7.11 Å². The fourth-order valence-corrected chi connectivity index (χ4v) is 2.05. The van der Waals surface area contributed by atoms with Crippen LogP contribution in [-0.2, 0) is 11.3 Å². The zero-order valence-electron chi connectivity index (χ0n) is 12.9. The SMILES string of the molecule is COc1ccc(COC(CO)C(C)Oc2ccccc2)cc1. The molecule has 2 atom stereocenters. The lowest BCUT2D eigenvalue weighted by Crippen LogP contribution is -2.34. The van der Waals surface area contributed by atoms with E-state index in [1.165, 1.54) is 0 Å². The van der Waals surface area contributed by atoms with Crippen molar-refractivity contribution < 1.29 is 19.3 Å². The maximum Gasteiger partial charge on any atom is 0.124 e. The molecule has 0 saturated heterocycles. The molecule has 4 heteroatoms. The van der Waals surface area contributed by atoms with Crippen LogP contribution in [0, 0.1) is 0 Å². The molecule has 4 nitrogen and oxygen atoms in total. The second kappa shape index (κ2) is 8.41. The van der Waals surface area contributed by atoms with Gasteiger partial charge < -0.3 is 19.3 Å². The van der Waals surface area contributed by atoms with Crippen molar-refractivity contribution in [3.63, 3.8) is 0 Å². The van der Waals surface area contributed by atoms with Crippen LogP contribution < -0.4 is 9.47 Å². The Balaban J connectivity index is 1.87. The molecule has 118 valence electrons. The first-order valence-electron chi connectivity index (χ1n) is 7.30. The van der Waals surface area contributed by atoms with Crippen LogP contribution in [0.4, 0.5) is 0 Å². The summed E-state index contributed by atoms with van der Waals surface area (Å²) in [5.74, 6) is 1.57. The van der Waals surface area contributed by atoms with Crippen LogP contribution in [0.5, 0.6) is 11.5 Å². The van der Waals surface area contributed by atoms with Crippen LogP contribution in [0.1, 0.15) is 12.5 Å². The first-order valence-corrected chi connectivity index (χ1v) is 7.30. The molecule has 0 saturated carbocycles. The third-order valence-electron chi connectivity index (χ3n) is 3.39. The lowest BCUT2D eigenvalue weighted by Gasteiger charge is -2.23. The molecule has 0 spiro atoms. The van der Waals surface area contributed by atoms with Gasteiger partial charge in [-0.1, -0.05) is 30.3 Å². The van der Waals surface area contributed by atoms with Crippen molar-refractivity contribution in [3.8, 4) is 11.5 Å². The summed E-state index contributed by atoms with van der Waals surface area (Å²) >= 11 is 0. The minimum Gasteiger partial charge on any atom is -0.497 e. The summed E-state index contributed by atoms with van der Waals surface area (Å²) in [6, 6.07) is 17.2. The normalized spacial score (nSPS) is 13.4. The maximum atomic E-state index is 9.51. The Labute approximate surface area is 131 Å². The number of benzene rings is 2. The molecular formula is C18H22O4. The second-order valence-electron chi connectivity index (χ2n) is 5.02. The predicted molar refractivity (Wildman–Crippen MR) is 85.2 cm³/mol. The van der Waals surface area contributed by atoms with Crippen molar-refractivity contribution in [2.24, 2.45) is 0 Å². The lowest BCUT2D eigenvalue weighted by atomic mass is 10.2. The van der Waals surface area contributed by atoms with E-state index in [0.717, 1.165) is 17.1 Å². The molecule has 2 aromatic rings. The Hall–Kier alpha value is -2.04. The lowest BCUT2D eigenvalue weighted by molar-refractivity contribution is -0.0551. The molecule has 0 aliphatic heterocycles. The van der Waals surface area contributed by atoms with E-state index in [2.05, 4.69) is 0 Å². The first kappa shape index (κ1) is 16.3. The van der Waals surface area contributed by atoms with Gasteiger partial charge in [0.1, 0.15) is 23.7 Å². The van der Waals surface area contributed by atoms with Crippen molar-refractivity contribution in [2.75, 3.05) is 13.7 Å². The van der Waals surface area contributed by atoms with Crippen LogP contribution in [0.3, 0.4) is 0 Å². The second-order valence-corrected chi connectivity index (χ2v) is 5.02. The predicted octanol–water partition coefficient (Wildman–Crippen LogP) is 3.04. The number of hydrogen-bond donors (Lipinski definition) is 1. The van der Waals surface area contributed by atoms with Gasteiger partial charge in [-0.25, -0.2) is 0 Å². The summed E-state index contributed by atoms with van der Waals surface area (Å²) in [5.41, 5.74) is 1.02. The van der Waals surface area contributed by atoms with Gasteiger partial charge in [-0.2, -0.15) is 0 Å². The van der Waals surface area contributed by atoms with Gasteiger partial charge in [0, 0.05) is 0 Å². The number of rotatable bonds is 8. The summed E-state index contributed by atoms with van der Waals surface area (Å²) < 4.78 is 16.7. The summed E-state index contributed by atoms with van der Waals surface area (Å²) in [6.07, 6.45) is -0.632. The summed E-state index contributed by atoms with van der Waals surface area (Å²) in [7, 11) is 1.63. The number of aliphatic hydroxyl groups excluding tert-OH is 1. The molecule has 1 N–H and O–H groups in total. The van der Waals surface area contributed by atoms with E-state index in [1.807, 2.05) is 61.5 Å². The van der Waals surface area contributed by atoms with Crippen molar-refractivity contribution in [1.82, 2.24) is 0 Å². The average Bonchev–Trinajstić information content (AvgIpc) is 2.57. The zero-order valence-corrected chi connectivity index (χ0v) is 12.9. The van der Waals surface area contributed by atoms with Crippen LogP contribution in [0.2, 0.25) is 0 Å². The highest BCUT2D eigenvalue weighted by atomic mass is 16.5. The number of hydrogen-bond acceptors (Lipinski definition) is 4. The highest BCUT2D eigenvalue weighted by Crippen LogP contribution is 2.16. The van der Waals surface area contributed by atoms with Crippen LogP contribution in [0.15, 0.2) is 54.6 Å². The molecule has 0 bridgehead atoms. The van der Waals surface area contributed by atoms with Crippen molar-refractivity contribution >= 4 is 0 Å². The summed E-state index contributed by atoms with van der Waals surface area (Å²) in [6.45, 7) is 2.21. The monoisotopic (exact) mass is 302 g/mol. The minimum absolute atomic E-state index is 0.0931. The minimum atomic E-state index is -0.387. The summed E-state index contributed by atoms with van der Waals surface area (Å²) in [5, 5.41) is 9.51. The van der Waals surface area contributed by atoms with E-state index in [9.17, 15) is 5.11 Å². The number of ether oxygens (including phenoxy) is 3. The molecule has 2 unspecified atom stereocenters. The fourth-order valence-electron chi connectivity index (χ4n) is 2.05. The largest absolute Gasteiger partial charge is 0.497 e. The van der Waals surface area contributed by atoms with Crippen molar-refractivity contribution in [1.29, 1.82) is 0 Å². The molecule has 0 aliphatic carbocycles. The van der Waals surface area contributed by atoms with E-state index in [4.69, 9.17) is 14.2 Å². The molecule has 0 radical (unpaired) electrons. The number of para-hydroxylation sites is 1. The Bertz CT molecular complexity index is 539. The Morgan fingerprint density at radius 1 is 0.955 bits per heavy atom.